The van der Waals surface area contributed by atoms with Crippen molar-refractivity contribution < 1.29 is 14.3 Å². The number of hydrogen-bond donors (Lipinski definition) is 2. The molecule has 100 valence electrons. The fourth-order valence-electron chi connectivity index (χ4n) is 1.48. The number of aromatic nitrogens is 1. The molecule has 0 aliphatic heterocycles. The van der Waals surface area contributed by atoms with Gasteiger partial charge < -0.3 is 10.4 Å². The van der Waals surface area contributed by atoms with Gasteiger partial charge in [0.25, 0.3) is 5.91 Å². The molecule has 5 heteroatoms. The summed E-state index contributed by atoms with van der Waals surface area (Å²) in [6, 6.07) is 9.18. The highest BCUT2D eigenvalue weighted by Crippen LogP contribution is 2.08. The van der Waals surface area contributed by atoms with E-state index in [1.54, 1.807) is 24.3 Å². The van der Waals surface area contributed by atoms with Gasteiger partial charge in [0.15, 0.2) is 0 Å². The van der Waals surface area contributed by atoms with E-state index in [0.29, 0.717) is 11.1 Å². The molecular formula is C15H11FN2O2. The van der Waals surface area contributed by atoms with Crippen LogP contribution in [0, 0.1) is 17.7 Å². The summed E-state index contributed by atoms with van der Waals surface area (Å²) in [5, 5.41) is 11.1. The third-order valence-corrected chi connectivity index (χ3v) is 2.43. The van der Waals surface area contributed by atoms with Crippen LogP contribution in [0.4, 0.5) is 10.2 Å². The van der Waals surface area contributed by atoms with Crippen LogP contribution >= 0.6 is 0 Å². The largest absolute Gasteiger partial charge is 0.384 e. The van der Waals surface area contributed by atoms with Gasteiger partial charge in [-0.15, -0.1) is 0 Å². The van der Waals surface area contributed by atoms with Crippen molar-refractivity contribution in [1.82, 2.24) is 4.98 Å². The summed E-state index contributed by atoms with van der Waals surface area (Å²) in [4.78, 5) is 15.6. The number of carbonyl (C=O) groups is 1. The molecule has 20 heavy (non-hydrogen) atoms. The SMILES string of the molecule is O=C(Nc1ccc(F)cn1)c1ccc(C#CCO)cc1. The first-order chi connectivity index (χ1) is 9.69. The van der Waals surface area contributed by atoms with E-state index in [1.807, 2.05) is 0 Å². The monoisotopic (exact) mass is 270 g/mol. The minimum absolute atomic E-state index is 0.210. The Kier molecular flexibility index (Phi) is 4.43. The maximum absolute atomic E-state index is 12.7. The summed E-state index contributed by atoms with van der Waals surface area (Å²) in [5.74, 6) is 4.72. The molecule has 0 saturated heterocycles. The van der Waals surface area contributed by atoms with Crippen LogP contribution in [0.2, 0.25) is 0 Å². The lowest BCUT2D eigenvalue weighted by molar-refractivity contribution is 0.102. The lowest BCUT2D eigenvalue weighted by Crippen LogP contribution is -2.12. The molecule has 0 atom stereocenters. The van der Waals surface area contributed by atoms with E-state index in [4.69, 9.17) is 5.11 Å². The van der Waals surface area contributed by atoms with Crippen molar-refractivity contribution in [1.29, 1.82) is 0 Å². The van der Waals surface area contributed by atoms with Crippen LogP contribution in [0.15, 0.2) is 42.6 Å². The Morgan fingerprint density at radius 1 is 1.25 bits per heavy atom. The zero-order valence-corrected chi connectivity index (χ0v) is 10.4. The van der Waals surface area contributed by atoms with Gasteiger partial charge in [0.1, 0.15) is 18.2 Å². The summed E-state index contributed by atoms with van der Waals surface area (Å²) < 4.78 is 12.7. The van der Waals surface area contributed by atoms with Crippen LogP contribution in [0.25, 0.3) is 0 Å². The zero-order valence-electron chi connectivity index (χ0n) is 10.4. The maximum Gasteiger partial charge on any atom is 0.256 e. The van der Waals surface area contributed by atoms with Gasteiger partial charge in [-0.05, 0) is 36.4 Å². The van der Waals surface area contributed by atoms with Crippen LogP contribution in [0.3, 0.4) is 0 Å². The van der Waals surface area contributed by atoms with E-state index >= 15 is 0 Å². The summed E-state index contributed by atoms with van der Waals surface area (Å²) in [6.45, 7) is -0.210. The Morgan fingerprint density at radius 2 is 2.00 bits per heavy atom. The minimum atomic E-state index is -0.463. The van der Waals surface area contributed by atoms with Crippen LogP contribution in [-0.4, -0.2) is 22.6 Å². The van der Waals surface area contributed by atoms with Crippen molar-refractivity contribution in [3.8, 4) is 11.8 Å². The number of aliphatic hydroxyl groups excluding tert-OH is 1. The van der Waals surface area contributed by atoms with Crippen molar-refractivity contribution in [2.24, 2.45) is 0 Å². The molecule has 2 aromatic rings. The molecule has 2 rings (SSSR count). The van der Waals surface area contributed by atoms with Gasteiger partial charge in [0.2, 0.25) is 0 Å². The van der Waals surface area contributed by atoms with E-state index < -0.39 is 5.82 Å². The number of nitrogens with zero attached hydrogens (tertiary/aromatic N) is 1. The quantitative estimate of drug-likeness (QED) is 0.818. The number of nitrogens with one attached hydrogen (secondary N) is 1. The Balaban J connectivity index is 2.07. The van der Waals surface area contributed by atoms with Crippen LogP contribution in [0.5, 0.6) is 0 Å². The summed E-state index contributed by atoms with van der Waals surface area (Å²) >= 11 is 0. The Hall–Kier alpha value is -2.71. The van der Waals surface area contributed by atoms with Gasteiger partial charge in [-0.1, -0.05) is 11.8 Å². The fourth-order valence-corrected chi connectivity index (χ4v) is 1.48. The van der Waals surface area contributed by atoms with Crippen molar-refractivity contribution in [3.63, 3.8) is 0 Å². The second kappa shape index (κ2) is 6.45. The van der Waals surface area contributed by atoms with E-state index in [2.05, 4.69) is 22.1 Å². The predicted molar refractivity (Wildman–Crippen MR) is 72.6 cm³/mol. The number of pyridine rings is 1. The van der Waals surface area contributed by atoms with Gasteiger partial charge >= 0.3 is 0 Å². The molecular weight excluding hydrogens is 259 g/mol. The lowest BCUT2D eigenvalue weighted by Gasteiger charge is -2.04. The van der Waals surface area contributed by atoms with Gasteiger partial charge in [0.05, 0.1) is 6.20 Å². The maximum atomic E-state index is 12.7. The number of halogens is 1. The number of rotatable bonds is 2. The average Bonchev–Trinajstić information content (AvgIpc) is 2.48. The molecule has 1 heterocycles. The second-order valence-electron chi connectivity index (χ2n) is 3.85. The molecule has 0 radical (unpaired) electrons. The molecule has 0 aliphatic rings. The van der Waals surface area contributed by atoms with Crippen molar-refractivity contribution in [2.75, 3.05) is 11.9 Å². The van der Waals surface area contributed by atoms with Gasteiger partial charge in [-0.25, -0.2) is 9.37 Å². The van der Waals surface area contributed by atoms with Crippen LogP contribution < -0.4 is 5.32 Å². The first-order valence-corrected chi connectivity index (χ1v) is 5.82. The number of aliphatic hydroxyl groups is 1. The molecule has 0 saturated carbocycles. The minimum Gasteiger partial charge on any atom is -0.384 e. The molecule has 1 aromatic heterocycles. The third kappa shape index (κ3) is 3.64. The molecule has 0 aliphatic carbocycles. The molecule has 2 N–H and O–H groups in total. The number of benzene rings is 1. The molecule has 0 bridgehead atoms. The van der Waals surface area contributed by atoms with E-state index in [0.717, 1.165) is 6.20 Å². The topological polar surface area (TPSA) is 62.2 Å². The molecule has 4 nitrogen and oxygen atoms in total. The van der Waals surface area contributed by atoms with E-state index in [-0.39, 0.29) is 18.3 Å². The standard InChI is InChI=1S/C15H11FN2O2/c16-13-7-8-14(17-10-13)18-15(20)12-5-3-11(4-6-12)2-1-9-19/h3-8,10,19H,9H2,(H,17,18,20). The number of anilines is 1. The first-order valence-electron chi connectivity index (χ1n) is 5.82. The molecule has 1 aromatic carbocycles. The van der Waals surface area contributed by atoms with Crippen molar-refractivity contribution in [3.05, 3.63) is 59.5 Å². The number of hydrogen-bond acceptors (Lipinski definition) is 3. The number of amides is 1. The molecule has 0 unspecified atom stereocenters. The number of carbonyl (C=O) groups excluding carboxylic acids is 1. The van der Waals surface area contributed by atoms with Crippen LogP contribution in [0.1, 0.15) is 15.9 Å². The summed E-state index contributed by atoms with van der Waals surface area (Å²) in [6.07, 6.45) is 1.03. The molecule has 0 fully saturated rings. The fraction of sp³-hybridized carbons (Fsp3) is 0.0667. The smallest absolute Gasteiger partial charge is 0.256 e. The highest BCUT2D eigenvalue weighted by atomic mass is 19.1. The summed E-state index contributed by atoms with van der Waals surface area (Å²) in [7, 11) is 0. The van der Waals surface area contributed by atoms with Crippen molar-refractivity contribution >= 4 is 11.7 Å². The third-order valence-electron chi connectivity index (χ3n) is 2.43. The van der Waals surface area contributed by atoms with Crippen LogP contribution in [-0.2, 0) is 0 Å². The van der Waals surface area contributed by atoms with E-state index in [1.165, 1.54) is 12.1 Å². The highest BCUT2D eigenvalue weighted by molar-refractivity contribution is 6.03. The predicted octanol–water partition coefficient (Wildman–Crippen LogP) is 1.82. The zero-order chi connectivity index (χ0) is 14.4. The van der Waals surface area contributed by atoms with Gasteiger partial charge in [0, 0.05) is 11.1 Å². The lowest BCUT2D eigenvalue weighted by atomic mass is 10.1. The average molecular weight is 270 g/mol. The van der Waals surface area contributed by atoms with Gasteiger partial charge in [-0.3, -0.25) is 4.79 Å². The van der Waals surface area contributed by atoms with Gasteiger partial charge in [-0.2, -0.15) is 0 Å². The normalized spacial score (nSPS) is 9.50. The van der Waals surface area contributed by atoms with Crippen molar-refractivity contribution in [2.45, 2.75) is 0 Å². The summed E-state index contributed by atoms with van der Waals surface area (Å²) in [5.41, 5.74) is 1.14. The Labute approximate surface area is 115 Å². The Bertz CT molecular complexity index is 655. The van der Waals surface area contributed by atoms with E-state index in [9.17, 15) is 9.18 Å². The second-order valence-corrected chi connectivity index (χ2v) is 3.85. The highest BCUT2D eigenvalue weighted by Gasteiger charge is 2.06. The molecule has 0 spiro atoms. The molecule has 1 amide bonds. The Morgan fingerprint density at radius 3 is 2.60 bits per heavy atom. The first kappa shape index (κ1) is 13.7.